The predicted molar refractivity (Wildman–Crippen MR) is 125 cm³/mol. The molecule has 0 saturated carbocycles. The van der Waals surface area contributed by atoms with Gasteiger partial charge in [-0.1, -0.05) is 0 Å². The van der Waals surface area contributed by atoms with Gasteiger partial charge >= 0.3 is 0 Å². The number of aromatic nitrogens is 3. The summed E-state index contributed by atoms with van der Waals surface area (Å²) >= 11 is 0. The fraction of sp³-hybridized carbons (Fsp3) is 0.115. The van der Waals surface area contributed by atoms with Gasteiger partial charge in [0.25, 0.3) is 0 Å². The van der Waals surface area contributed by atoms with E-state index in [-0.39, 0.29) is 11.1 Å². The third-order valence-electron chi connectivity index (χ3n) is 5.28. The van der Waals surface area contributed by atoms with Crippen molar-refractivity contribution in [2.24, 2.45) is 0 Å². The molecule has 166 valence electrons. The molecule has 0 fully saturated rings. The first kappa shape index (κ1) is 22.3. The normalized spacial score (nSPS) is 10.1. The van der Waals surface area contributed by atoms with Crippen LogP contribution in [0.1, 0.15) is 11.1 Å². The second-order valence-electron chi connectivity index (χ2n) is 7.04. The van der Waals surface area contributed by atoms with Gasteiger partial charge in [-0.05, 0) is 42.0 Å². The van der Waals surface area contributed by atoms with Gasteiger partial charge in [0.15, 0.2) is 11.5 Å². The molecule has 34 heavy (non-hydrogen) atoms. The van der Waals surface area contributed by atoms with Gasteiger partial charge in [0, 0.05) is 41.5 Å². The van der Waals surface area contributed by atoms with Crippen molar-refractivity contribution in [2.75, 3.05) is 21.3 Å². The van der Waals surface area contributed by atoms with Crippen LogP contribution in [0.25, 0.3) is 33.6 Å². The molecule has 0 radical (unpaired) electrons. The molecule has 0 atom stereocenters. The highest BCUT2D eigenvalue weighted by Crippen LogP contribution is 2.45. The lowest BCUT2D eigenvalue weighted by Gasteiger charge is -2.18. The van der Waals surface area contributed by atoms with Crippen LogP contribution < -0.4 is 14.2 Å². The van der Waals surface area contributed by atoms with Gasteiger partial charge in [-0.15, -0.1) is 0 Å². The molecule has 8 heteroatoms. The lowest BCUT2D eigenvalue weighted by Crippen LogP contribution is -2.03. The van der Waals surface area contributed by atoms with Crippen LogP contribution in [0.15, 0.2) is 61.2 Å². The van der Waals surface area contributed by atoms with E-state index in [4.69, 9.17) is 19.2 Å². The minimum absolute atomic E-state index is 0.245. The van der Waals surface area contributed by atoms with E-state index in [0.717, 1.165) is 0 Å². The molecule has 0 aliphatic heterocycles. The Bertz CT molecular complexity index is 1320. The summed E-state index contributed by atoms with van der Waals surface area (Å²) in [4.78, 5) is 12.9. The Balaban J connectivity index is 2.17. The van der Waals surface area contributed by atoms with E-state index in [1.807, 2.05) is 0 Å². The highest BCUT2D eigenvalue weighted by molar-refractivity contribution is 5.90. The first-order chi connectivity index (χ1) is 16.7. The Morgan fingerprint density at radius 1 is 0.647 bits per heavy atom. The van der Waals surface area contributed by atoms with E-state index in [1.165, 1.54) is 21.3 Å². The molecule has 0 spiro atoms. The summed E-state index contributed by atoms with van der Waals surface area (Å²) in [5, 5.41) is 20.5. The van der Waals surface area contributed by atoms with Crippen molar-refractivity contribution < 1.29 is 14.2 Å². The second kappa shape index (κ2) is 9.68. The molecule has 0 amide bonds. The van der Waals surface area contributed by atoms with E-state index in [9.17, 15) is 10.5 Å². The molecule has 0 unspecified atom stereocenters. The van der Waals surface area contributed by atoms with Crippen molar-refractivity contribution in [3.05, 3.63) is 72.3 Å². The van der Waals surface area contributed by atoms with Gasteiger partial charge in [-0.3, -0.25) is 9.97 Å². The number of nitrogens with zero attached hydrogens (tertiary/aromatic N) is 5. The smallest absolute Gasteiger partial charge is 0.203 e. The third-order valence-corrected chi connectivity index (χ3v) is 5.28. The van der Waals surface area contributed by atoms with E-state index < -0.39 is 0 Å². The molecular weight excluding hydrogens is 430 g/mol. The standard InChI is InChI=1S/C26H19N5O3/c1-32-21-12-18(13-22(33-2)26(21)34-3)23-19(14-27)24(16-4-8-29-9-5-16)31-25(20(23)15-28)17-6-10-30-11-7-17/h4-13H,1-3H3. The van der Waals surface area contributed by atoms with Crippen LogP contribution in [-0.4, -0.2) is 36.3 Å². The molecule has 4 rings (SSSR count). The van der Waals surface area contributed by atoms with Crippen LogP contribution in [0.4, 0.5) is 0 Å². The van der Waals surface area contributed by atoms with Gasteiger partial charge in [-0.2, -0.15) is 10.5 Å². The van der Waals surface area contributed by atoms with E-state index >= 15 is 0 Å². The molecule has 8 nitrogen and oxygen atoms in total. The summed E-state index contributed by atoms with van der Waals surface area (Å²) in [5.74, 6) is 1.21. The number of ether oxygens (including phenoxy) is 3. The molecule has 1 aromatic carbocycles. The summed E-state index contributed by atoms with van der Waals surface area (Å²) in [6, 6.07) is 15.0. The van der Waals surface area contributed by atoms with E-state index in [0.29, 0.717) is 50.9 Å². The topological polar surface area (TPSA) is 114 Å². The average Bonchev–Trinajstić information content (AvgIpc) is 2.91. The zero-order valence-electron chi connectivity index (χ0n) is 18.7. The Morgan fingerprint density at radius 3 is 1.44 bits per heavy atom. The molecule has 4 aromatic rings. The number of nitriles is 2. The van der Waals surface area contributed by atoms with Crippen LogP contribution in [0.5, 0.6) is 17.2 Å². The number of methoxy groups -OCH3 is 3. The largest absolute Gasteiger partial charge is 0.493 e. The summed E-state index contributed by atoms with van der Waals surface area (Å²) < 4.78 is 16.5. The maximum Gasteiger partial charge on any atom is 0.203 e. The Labute approximate surface area is 196 Å². The Hall–Kier alpha value is -4.95. The number of rotatable bonds is 6. The molecule has 0 aliphatic carbocycles. The van der Waals surface area contributed by atoms with Crippen LogP contribution in [0, 0.1) is 22.7 Å². The van der Waals surface area contributed by atoms with E-state index in [2.05, 4.69) is 22.1 Å². The molecule has 3 heterocycles. The molecule has 0 bridgehead atoms. The molecule has 0 saturated heterocycles. The van der Waals surface area contributed by atoms with Crippen molar-refractivity contribution in [2.45, 2.75) is 0 Å². The Kier molecular flexibility index (Phi) is 6.33. The number of hydrogen-bond acceptors (Lipinski definition) is 8. The van der Waals surface area contributed by atoms with Crippen molar-refractivity contribution in [1.29, 1.82) is 10.5 Å². The Morgan fingerprint density at radius 2 is 1.09 bits per heavy atom. The second-order valence-corrected chi connectivity index (χ2v) is 7.04. The summed E-state index contributed by atoms with van der Waals surface area (Å²) in [5.41, 5.74) is 3.71. The highest BCUT2D eigenvalue weighted by atomic mass is 16.5. The lowest BCUT2D eigenvalue weighted by molar-refractivity contribution is 0.324. The van der Waals surface area contributed by atoms with Crippen LogP contribution >= 0.6 is 0 Å². The first-order valence-electron chi connectivity index (χ1n) is 10.2. The zero-order chi connectivity index (χ0) is 24.1. The minimum Gasteiger partial charge on any atom is -0.493 e. The van der Waals surface area contributed by atoms with Crippen LogP contribution in [-0.2, 0) is 0 Å². The lowest BCUT2D eigenvalue weighted by atomic mass is 9.89. The van der Waals surface area contributed by atoms with Gasteiger partial charge in [0.1, 0.15) is 12.1 Å². The van der Waals surface area contributed by atoms with Crippen molar-refractivity contribution >= 4 is 0 Å². The third kappa shape index (κ3) is 3.85. The maximum absolute atomic E-state index is 10.2. The summed E-state index contributed by atoms with van der Waals surface area (Å²) in [7, 11) is 4.53. The van der Waals surface area contributed by atoms with E-state index in [1.54, 1.807) is 61.2 Å². The molecular formula is C26H19N5O3. The molecule has 0 N–H and O–H groups in total. The number of pyridine rings is 3. The zero-order valence-corrected chi connectivity index (χ0v) is 18.7. The van der Waals surface area contributed by atoms with Crippen molar-refractivity contribution in [3.8, 4) is 63.0 Å². The summed E-state index contributed by atoms with van der Waals surface area (Å²) in [6.45, 7) is 0. The predicted octanol–water partition coefficient (Wildman–Crippen LogP) is 4.64. The average molecular weight is 449 g/mol. The fourth-order valence-electron chi connectivity index (χ4n) is 3.75. The van der Waals surface area contributed by atoms with Gasteiger partial charge in [-0.25, -0.2) is 4.98 Å². The molecule has 3 aromatic heterocycles. The fourth-order valence-corrected chi connectivity index (χ4v) is 3.75. The SMILES string of the molecule is COc1cc(-c2c(C#N)c(-c3ccncc3)nc(-c3ccncc3)c2C#N)cc(OC)c1OC. The van der Waals surface area contributed by atoms with Gasteiger partial charge < -0.3 is 14.2 Å². The van der Waals surface area contributed by atoms with Crippen molar-refractivity contribution in [3.63, 3.8) is 0 Å². The quantitative estimate of drug-likeness (QED) is 0.418. The first-order valence-corrected chi connectivity index (χ1v) is 10.2. The maximum atomic E-state index is 10.2. The summed E-state index contributed by atoms with van der Waals surface area (Å²) in [6.07, 6.45) is 6.51. The van der Waals surface area contributed by atoms with Gasteiger partial charge in [0.05, 0.1) is 43.8 Å². The van der Waals surface area contributed by atoms with Crippen LogP contribution in [0.2, 0.25) is 0 Å². The van der Waals surface area contributed by atoms with Crippen LogP contribution in [0.3, 0.4) is 0 Å². The molecule has 0 aliphatic rings. The van der Waals surface area contributed by atoms with Gasteiger partial charge in [0.2, 0.25) is 5.75 Å². The number of hydrogen-bond donors (Lipinski definition) is 0. The number of benzene rings is 1. The minimum atomic E-state index is 0.245. The monoisotopic (exact) mass is 449 g/mol. The van der Waals surface area contributed by atoms with Crippen molar-refractivity contribution in [1.82, 2.24) is 15.0 Å². The highest BCUT2D eigenvalue weighted by Gasteiger charge is 2.25.